The second kappa shape index (κ2) is 6.15. The number of amides is 1. The quantitative estimate of drug-likeness (QED) is 0.800. The summed E-state index contributed by atoms with van der Waals surface area (Å²) in [6.45, 7) is 1.91. The Bertz CT molecular complexity index is 583. The lowest BCUT2D eigenvalue weighted by Gasteiger charge is -2.26. The van der Waals surface area contributed by atoms with Crippen LogP contribution in [0.4, 0.5) is 0 Å². The second-order valence-corrected chi connectivity index (χ2v) is 5.78. The highest BCUT2D eigenvalue weighted by molar-refractivity contribution is 7.99. The number of carbonyl (C=O) groups excluding carboxylic acids is 1. The molecule has 1 aromatic heterocycles. The third-order valence-electron chi connectivity index (χ3n) is 3.29. The molecule has 0 radical (unpaired) electrons. The zero-order valence-corrected chi connectivity index (χ0v) is 12.2. The van der Waals surface area contributed by atoms with Gasteiger partial charge in [-0.25, -0.2) is 0 Å². The number of primary amides is 1. The highest BCUT2D eigenvalue weighted by Gasteiger charge is 2.33. The molecular weight excluding hydrogens is 272 g/mol. The van der Waals surface area contributed by atoms with Gasteiger partial charge in [0.1, 0.15) is 11.3 Å². The maximum Gasteiger partial charge on any atom is 0.242 e. The summed E-state index contributed by atoms with van der Waals surface area (Å²) in [5.74, 6) is 1.05. The molecule has 2 aromatic rings. The number of hydrogen-bond acceptors (Lipinski definition) is 4. The van der Waals surface area contributed by atoms with Crippen molar-refractivity contribution in [2.24, 2.45) is 11.5 Å². The van der Waals surface area contributed by atoms with Gasteiger partial charge in [-0.15, -0.1) is 11.8 Å². The molecular formula is C15H18N2O2S. The highest BCUT2D eigenvalue weighted by Crippen LogP contribution is 2.29. The highest BCUT2D eigenvalue weighted by atomic mass is 32.2. The molecule has 0 aliphatic heterocycles. The van der Waals surface area contributed by atoms with Gasteiger partial charge in [-0.2, -0.15) is 0 Å². The molecule has 0 fully saturated rings. The fourth-order valence-corrected chi connectivity index (χ4v) is 3.04. The van der Waals surface area contributed by atoms with Crippen LogP contribution in [-0.2, 0) is 10.3 Å². The van der Waals surface area contributed by atoms with E-state index in [4.69, 9.17) is 15.9 Å². The predicted octanol–water partition coefficient (Wildman–Crippen LogP) is 2.41. The molecule has 1 atom stereocenters. The predicted molar refractivity (Wildman–Crippen MR) is 80.3 cm³/mol. The number of nitrogens with two attached hydrogens (primary N) is 2. The van der Waals surface area contributed by atoms with Crippen molar-refractivity contribution in [2.45, 2.75) is 23.8 Å². The Labute approximate surface area is 122 Å². The average Bonchev–Trinajstić information content (AvgIpc) is 2.85. The molecule has 1 amide bonds. The van der Waals surface area contributed by atoms with Crippen LogP contribution >= 0.6 is 11.8 Å². The first kappa shape index (κ1) is 14.7. The minimum absolute atomic E-state index is 0.474. The van der Waals surface area contributed by atoms with E-state index in [-0.39, 0.29) is 0 Å². The van der Waals surface area contributed by atoms with Gasteiger partial charge in [0.05, 0.1) is 6.26 Å². The van der Waals surface area contributed by atoms with Crippen molar-refractivity contribution in [3.05, 3.63) is 54.0 Å². The molecule has 1 heterocycles. The van der Waals surface area contributed by atoms with E-state index < -0.39 is 11.4 Å². The van der Waals surface area contributed by atoms with Crippen LogP contribution in [0.3, 0.4) is 0 Å². The zero-order valence-electron chi connectivity index (χ0n) is 11.3. The number of benzene rings is 1. The number of thioether (sulfide) groups is 1. The summed E-state index contributed by atoms with van der Waals surface area (Å²) in [6, 6.07) is 11.2. The first-order valence-corrected chi connectivity index (χ1v) is 7.34. The van der Waals surface area contributed by atoms with Gasteiger partial charge >= 0.3 is 0 Å². The summed E-state index contributed by atoms with van der Waals surface area (Å²) in [7, 11) is 0. The summed E-state index contributed by atoms with van der Waals surface area (Å²) in [4.78, 5) is 12.8. The molecule has 1 aromatic carbocycles. The topological polar surface area (TPSA) is 82.2 Å². The SMILES string of the molecule is Cc1occc1SCCC(N)(C(N)=O)c1ccccc1. The third-order valence-corrected chi connectivity index (χ3v) is 4.44. The van der Waals surface area contributed by atoms with Gasteiger partial charge in [0, 0.05) is 10.6 Å². The lowest BCUT2D eigenvalue weighted by Crippen LogP contribution is -2.49. The lowest BCUT2D eigenvalue weighted by molar-refractivity contribution is -0.123. The van der Waals surface area contributed by atoms with E-state index in [0.717, 1.165) is 16.2 Å². The Morgan fingerprint density at radius 2 is 2.00 bits per heavy atom. The summed E-state index contributed by atoms with van der Waals surface area (Å²) in [6.07, 6.45) is 2.13. The molecule has 0 saturated carbocycles. The first-order valence-electron chi connectivity index (χ1n) is 6.35. The summed E-state index contributed by atoms with van der Waals surface area (Å²) in [5, 5.41) is 0. The molecule has 106 valence electrons. The molecule has 0 saturated heterocycles. The van der Waals surface area contributed by atoms with E-state index in [0.29, 0.717) is 12.2 Å². The van der Waals surface area contributed by atoms with Crippen molar-refractivity contribution in [3.63, 3.8) is 0 Å². The van der Waals surface area contributed by atoms with Crippen LogP contribution in [-0.4, -0.2) is 11.7 Å². The minimum atomic E-state index is -1.13. The van der Waals surface area contributed by atoms with E-state index >= 15 is 0 Å². The number of carbonyl (C=O) groups is 1. The van der Waals surface area contributed by atoms with Crippen molar-refractivity contribution >= 4 is 17.7 Å². The monoisotopic (exact) mass is 290 g/mol. The molecule has 0 spiro atoms. The van der Waals surface area contributed by atoms with Gasteiger partial charge in [0.25, 0.3) is 0 Å². The van der Waals surface area contributed by atoms with Crippen LogP contribution in [0, 0.1) is 6.92 Å². The maximum atomic E-state index is 11.8. The minimum Gasteiger partial charge on any atom is -0.468 e. The van der Waals surface area contributed by atoms with E-state index in [1.54, 1.807) is 18.0 Å². The summed E-state index contributed by atoms with van der Waals surface area (Å²) in [5.41, 5.74) is 11.3. The fraction of sp³-hybridized carbons (Fsp3) is 0.267. The standard InChI is InChI=1S/C15H18N2O2S/c1-11-13(7-9-19-11)20-10-8-15(17,14(16)18)12-5-3-2-4-6-12/h2-7,9H,8,10,17H2,1H3,(H2,16,18). The number of aryl methyl sites for hydroxylation is 1. The van der Waals surface area contributed by atoms with E-state index in [1.807, 2.05) is 43.3 Å². The average molecular weight is 290 g/mol. The summed E-state index contributed by atoms with van der Waals surface area (Å²) >= 11 is 1.61. The van der Waals surface area contributed by atoms with Crippen molar-refractivity contribution in [3.8, 4) is 0 Å². The van der Waals surface area contributed by atoms with E-state index in [2.05, 4.69) is 0 Å². The van der Waals surface area contributed by atoms with Crippen molar-refractivity contribution in [2.75, 3.05) is 5.75 Å². The zero-order chi connectivity index (χ0) is 14.6. The second-order valence-electron chi connectivity index (χ2n) is 4.64. The van der Waals surface area contributed by atoms with Gasteiger partial charge < -0.3 is 15.9 Å². The first-order chi connectivity index (χ1) is 9.54. The Morgan fingerprint density at radius 3 is 2.55 bits per heavy atom. The maximum absolute atomic E-state index is 11.8. The number of hydrogen-bond donors (Lipinski definition) is 2. The molecule has 0 bridgehead atoms. The van der Waals surface area contributed by atoms with Crippen LogP contribution in [0.15, 0.2) is 52.0 Å². The molecule has 1 unspecified atom stereocenters. The van der Waals surface area contributed by atoms with Crippen LogP contribution in [0.25, 0.3) is 0 Å². The Balaban J connectivity index is 2.07. The van der Waals surface area contributed by atoms with Crippen LogP contribution in [0.2, 0.25) is 0 Å². The molecule has 0 aliphatic carbocycles. The van der Waals surface area contributed by atoms with E-state index in [1.165, 1.54) is 0 Å². The van der Waals surface area contributed by atoms with Crippen molar-refractivity contribution in [1.82, 2.24) is 0 Å². The number of rotatable bonds is 6. The van der Waals surface area contributed by atoms with Gasteiger partial charge in [0.2, 0.25) is 5.91 Å². The number of furan rings is 1. The molecule has 0 aliphatic rings. The Kier molecular flexibility index (Phi) is 4.52. The molecule has 4 N–H and O–H groups in total. The molecule has 4 nitrogen and oxygen atoms in total. The third kappa shape index (κ3) is 3.05. The van der Waals surface area contributed by atoms with Gasteiger partial charge in [0.15, 0.2) is 0 Å². The smallest absolute Gasteiger partial charge is 0.242 e. The Hall–Kier alpha value is -1.72. The normalized spacial score (nSPS) is 13.9. The lowest BCUT2D eigenvalue weighted by atomic mass is 9.88. The summed E-state index contributed by atoms with van der Waals surface area (Å²) < 4.78 is 5.24. The Morgan fingerprint density at radius 1 is 1.30 bits per heavy atom. The van der Waals surface area contributed by atoms with Gasteiger partial charge in [-0.05, 0) is 25.0 Å². The van der Waals surface area contributed by atoms with Crippen LogP contribution in [0.5, 0.6) is 0 Å². The molecule has 5 heteroatoms. The van der Waals surface area contributed by atoms with Crippen LogP contribution < -0.4 is 11.5 Å². The molecule has 2 rings (SSSR count). The van der Waals surface area contributed by atoms with E-state index in [9.17, 15) is 4.79 Å². The molecule has 20 heavy (non-hydrogen) atoms. The van der Waals surface area contributed by atoms with Crippen molar-refractivity contribution in [1.29, 1.82) is 0 Å². The largest absolute Gasteiger partial charge is 0.468 e. The van der Waals surface area contributed by atoms with Crippen LogP contribution in [0.1, 0.15) is 17.7 Å². The van der Waals surface area contributed by atoms with Crippen molar-refractivity contribution < 1.29 is 9.21 Å². The van der Waals surface area contributed by atoms with Gasteiger partial charge in [-0.3, -0.25) is 4.79 Å². The fourth-order valence-electron chi connectivity index (χ4n) is 1.99. The van der Waals surface area contributed by atoms with Gasteiger partial charge in [-0.1, -0.05) is 30.3 Å².